The highest BCUT2D eigenvalue weighted by Gasteiger charge is 2.37. The molecule has 1 aliphatic heterocycles. The Morgan fingerprint density at radius 2 is 1.76 bits per heavy atom. The van der Waals surface area contributed by atoms with Crippen LogP contribution in [-0.4, -0.2) is 25.0 Å². The van der Waals surface area contributed by atoms with E-state index < -0.39 is 17.8 Å². The Hall–Kier alpha value is -3.45. The molecule has 29 heavy (non-hydrogen) atoms. The average molecular weight is 451 g/mol. The molecular weight excluding hydrogens is 436 g/mol. The standard InChI is InChI=1S/C22H15BrN2O4/c1-29-15-9-10-18(23)14(11-15)12-17-20(26)24-22(28)25(21(17)27)19-8-4-6-13-5-2-3-7-16(13)19/h2-12H,1H3,(H,24,26,28). The van der Waals surface area contributed by atoms with E-state index in [0.29, 0.717) is 21.5 Å². The van der Waals surface area contributed by atoms with Crippen molar-refractivity contribution in [3.8, 4) is 5.75 Å². The van der Waals surface area contributed by atoms with E-state index in [1.807, 2.05) is 30.3 Å². The van der Waals surface area contributed by atoms with Gasteiger partial charge in [0.05, 0.1) is 12.8 Å². The number of nitrogens with zero attached hydrogens (tertiary/aromatic N) is 1. The van der Waals surface area contributed by atoms with Crippen molar-refractivity contribution < 1.29 is 19.1 Å². The number of imide groups is 2. The van der Waals surface area contributed by atoms with Crippen LogP contribution in [0.3, 0.4) is 0 Å². The summed E-state index contributed by atoms with van der Waals surface area (Å²) in [5.41, 5.74) is 0.843. The number of amides is 4. The second kappa shape index (κ2) is 7.52. The van der Waals surface area contributed by atoms with Crippen LogP contribution in [0.5, 0.6) is 5.75 Å². The lowest BCUT2D eigenvalue weighted by Gasteiger charge is -2.27. The summed E-state index contributed by atoms with van der Waals surface area (Å²) in [6.07, 6.45) is 1.44. The van der Waals surface area contributed by atoms with E-state index in [-0.39, 0.29) is 5.57 Å². The SMILES string of the molecule is COc1ccc(Br)c(C=C2C(=O)NC(=O)N(c3cccc4ccccc34)C2=O)c1. The first-order valence-electron chi connectivity index (χ1n) is 8.72. The van der Waals surface area contributed by atoms with Gasteiger partial charge in [0.25, 0.3) is 11.8 Å². The predicted molar refractivity (Wildman–Crippen MR) is 114 cm³/mol. The summed E-state index contributed by atoms with van der Waals surface area (Å²) in [5.74, 6) is -0.860. The second-order valence-corrected chi connectivity index (χ2v) is 7.20. The van der Waals surface area contributed by atoms with E-state index in [2.05, 4.69) is 21.2 Å². The van der Waals surface area contributed by atoms with Gasteiger partial charge in [0.2, 0.25) is 0 Å². The first kappa shape index (κ1) is 18.9. The maximum absolute atomic E-state index is 13.2. The van der Waals surface area contributed by atoms with Crippen LogP contribution in [-0.2, 0) is 9.59 Å². The quantitative estimate of drug-likeness (QED) is 0.477. The molecule has 4 rings (SSSR count). The molecule has 4 amide bonds. The Morgan fingerprint density at radius 3 is 2.55 bits per heavy atom. The van der Waals surface area contributed by atoms with Crippen LogP contribution in [0, 0.1) is 0 Å². The summed E-state index contributed by atoms with van der Waals surface area (Å²) in [6, 6.07) is 17.2. The molecule has 3 aromatic carbocycles. The number of barbiturate groups is 1. The van der Waals surface area contributed by atoms with Crippen LogP contribution in [0.2, 0.25) is 0 Å². The smallest absolute Gasteiger partial charge is 0.335 e. The number of nitrogens with one attached hydrogen (secondary N) is 1. The molecule has 1 fully saturated rings. The zero-order valence-corrected chi connectivity index (χ0v) is 16.9. The van der Waals surface area contributed by atoms with Gasteiger partial charge < -0.3 is 4.74 Å². The molecule has 0 aromatic heterocycles. The van der Waals surface area contributed by atoms with Crippen molar-refractivity contribution in [1.82, 2.24) is 5.32 Å². The molecule has 0 spiro atoms. The largest absolute Gasteiger partial charge is 0.497 e. The number of methoxy groups -OCH3 is 1. The van der Waals surface area contributed by atoms with Gasteiger partial charge in [-0.25, -0.2) is 9.69 Å². The van der Waals surface area contributed by atoms with Gasteiger partial charge in [0.15, 0.2) is 0 Å². The van der Waals surface area contributed by atoms with Crippen molar-refractivity contribution in [3.63, 3.8) is 0 Å². The fraction of sp³-hybridized carbons (Fsp3) is 0.0455. The van der Waals surface area contributed by atoms with Crippen LogP contribution >= 0.6 is 15.9 Å². The van der Waals surface area contributed by atoms with Gasteiger partial charge in [-0.05, 0) is 41.3 Å². The van der Waals surface area contributed by atoms with Crippen molar-refractivity contribution in [3.05, 3.63) is 76.3 Å². The molecule has 1 heterocycles. The van der Waals surface area contributed by atoms with Crippen LogP contribution in [0.25, 0.3) is 16.8 Å². The number of hydrogen-bond acceptors (Lipinski definition) is 4. The molecular formula is C22H15BrN2O4. The van der Waals surface area contributed by atoms with Gasteiger partial charge in [0.1, 0.15) is 11.3 Å². The van der Waals surface area contributed by atoms with Crippen molar-refractivity contribution >= 4 is 56.3 Å². The van der Waals surface area contributed by atoms with E-state index >= 15 is 0 Å². The molecule has 1 aliphatic rings. The number of benzene rings is 3. The number of rotatable bonds is 3. The molecule has 1 saturated heterocycles. The molecule has 0 bridgehead atoms. The molecule has 7 heteroatoms. The van der Waals surface area contributed by atoms with Crippen LogP contribution in [0.15, 0.2) is 70.7 Å². The number of ether oxygens (including phenoxy) is 1. The third-order valence-corrected chi connectivity index (χ3v) is 5.33. The predicted octanol–water partition coefficient (Wildman–Crippen LogP) is 4.28. The highest BCUT2D eigenvalue weighted by atomic mass is 79.9. The van der Waals surface area contributed by atoms with E-state index in [0.717, 1.165) is 15.7 Å². The molecule has 144 valence electrons. The van der Waals surface area contributed by atoms with Gasteiger partial charge in [0, 0.05) is 9.86 Å². The third kappa shape index (κ3) is 3.40. The Labute approximate surface area is 174 Å². The molecule has 0 saturated carbocycles. The molecule has 0 atom stereocenters. The van der Waals surface area contributed by atoms with Crippen molar-refractivity contribution in [2.75, 3.05) is 12.0 Å². The van der Waals surface area contributed by atoms with Crippen molar-refractivity contribution in [2.24, 2.45) is 0 Å². The molecule has 6 nitrogen and oxygen atoms in total. The zero-order chi connectivity index (χ0) is 20.5. The summed E-state index contributed by atoms with van der Waals surface area (Å²) in [5, 5.41) is 3.86. The van der Waals surface area contributed by atoms with Gasteiger partial charge in [-0.3, -0.25) is 14.9 Å². The van der Waals surface area contributed by atoms with Crippen LogP contribution in [0.4, 0.5) is 10.5 Å². The van der Waals surface area contributed by atoms with E-state index in [9.17, 15) is 14.4 Å². The van der Waals surface area contributed by atoms with E-state index in [1.54, 1.807) is 30.3 Å². The fourth-order valence-corrected chi connectivity index (χ4v) is 3.56. The van der Waals surface area contributed by atoms with Gasteiger partial charge >= 0.3 is 6.03 Å². The van der Waals surface area contributed by atoms with E-state index in [4.69, 9.17) is 4.74 Å². The minimum atomic E-state index is -0.779. The van der Waals surface area contributed by atoms with Crippen molar-refractivity contribution in [2.45, 2.75) is 0 Å². The number of carbonyl (C=O) groups excluding carboxylic acids is 3. The second-order valence-electron chi connectivity index (χ2n) is 6.34. The highest BCUT2D eigenvalue weighted by molar-refractivity contribution is 9.10. The number of carbonyl (C=O) groups is 3. The van der Waals surface area contributed by atoms with Crippen LogP contribution in [0.1, 0.15) is 5.56 Å². The van der Waals surface area contributed by atoms with Gasteiger partial charge in [-0.15, -0.1) is 0 Å². The topological polar surface area (TPSA) is 75.7 Å². The number of hydrogen-bond donors (Lipinski definition) is 1. The maximum Gasteiger partial charge on any atom is 0.335 e. The number of fused-ring (bicyclic) bond motifs is 1. The molecule has 3 aromatic rings. The number of anilines is 1. The first-order valence-corrected chi connectivity index (χ1v) is 9.51. The summed E-state index contributed by atoms with van der Waals surface area (Å²) in [7, 11) is 1.53. The number of halogens is 1. The summed E-state index contributed by atoms with van der Waals surface area (Å²) in [4.78, 5) is 39.2. The average Bonchev–Trinajstić information content (AvgIpc) is 2.72. The molecule has 0 unspecified atom stereocenters. The Balaban J connectivity index is 1.83. The molecule has 0 aliphatic carbocycles. The van der Waals surface area contributed by atoms with Gasteiger partial charge in [-0.1, -0.05) is 52.3 Å². The first-order chi connectivity index (χ1) is 14.0. The Morgan fingerprint density at radius 1 is 1.00 bits per heavy atom. The fourth-order valence-electron chi connectivity index (χ4n) is 3.19. The molecule has 0 radical (unpaired) electrons. The highest BCUT2D eigenvalue weighted by Crippen LogP contribution is 2.31. The summed E-state index contributed by atoms with van der Waals surface area (Å²) in [6.45, 7) is 0. The lowest BCUT2D eigenvalue weighted by atomic mass is 10.0. The summed E-state index contributed by atoms with van der Waals surface area (Å²) >= 11 is 3.41. The van der Waals surface area contributed by atoms with E-state index in [1.165, 1.54) is 13.2 Å². The number of urea groups is 1. The minimum Gasteiger partial charge on any atom is -0.497 e. The van der Waals surface area contributed by atoms with Gasteiger partial charge in [-0.2, -0.15) is 0 Å². The third-order valence-electron chi connectivity index (χ3n) is 4.61. The maximum atomic E-state index is 13.2. The van der Waals surface area contributed by atoms with Crippen LogP contribution < -0.4 is 15.0 Å². The Kier molecular flexibility index (Phi) is 4.90. The lowest BCUT2D eigenvalue weighted by molar-refractivity contribution is -0.122. The zero-order valence-electron chi connectivity index (χ0n) is 15.3. The van der Waals surface area contributed by atoms with Crippen molar-refractivity contribution in [1.29, 1.82) is 0 Å². The normalized spacial score (nSPS) is 15.7. The Bertz CT molecular complexity index is 1200. The monoisotopic (exact) mass is 450 g/mol. The molecule has 1 N–H and O–H groups in total. The minimum absolute atomic E-state index is 0.147. The lowest BCUT2D eigenvalue weighted by Crippen LogP contribution is -2.54. The summed E-state index contributed by atoms with van der Waals surface area (Å²) < 4.78 is 5.89.